The fourth-order valence-corrected chi connectivity index (χ4v) is 4.09. The molecule has 2 amide bonds. The molecule has 0 aromatic rings. The first-order chi connectivity index (χ1) is 11.3. The third-order valence-corrected chi connectivity index (χ3v) is 5.87. The molecule has 25 heavy (non-hydrogen) atoms. The molecule has 2 rings (SSSR count). The second-order valence-electron chi connectivity index (χ2n) is 10.1. The minimum absolute atomic E-state index is 0.152. The first kappa shape index (κ1) is 20.2. The molecule has 144 valence electrons. The Labute approximate surface area is 153 Å². The number of carbonyl (C=O) groups excluding carboxylic acids is 2. The summed E-state index contributed by atoms with van der Waals surface area (Å²) in [4.78, 5) is 31.9. The van der Waals surface area contributed by atoms with Crippen molar-refractivity contribution in [1.82, 2.24) is 14.7 Å². The van der Waals surface area contributed by atoms with Gasteiger partial charge in [-0.15, -0.1) is 0 Å². The first-order valence-corrected chi connectivity index (χ1v) is 9.68. The number of ketones is 1. The molecule has 2 saturated heterocycles. The van der Waals surface area contributed by atoms with Gasteiger partial charge in [-0.05, 0) is 33.6 Å². The molecule has 5 nitrogen and oxygen atoms in total. The lowest BCUT2D eigenvalue weighted by atomic mass is 9.68. The van der Waals surface area contributed by atoms with Crippen LogP contribution in [0.4, 0.5) is 4.79 Å². The van der Waals surface area contributed by atoms with Crippen molar-refractivity contribution in [1.29, 1.82) is 0 Å². The van der Waals surface area contributed by atoms with Gasteiger partial charge in [0.1, 0.15) is 5.78 Å². The molecule has 2 aliphatic rings. The van der Waals surface area contributed by atoms with Gasteiger partial charge in [-0.3, -0.25) is 9.69 Å². The van der Waals surface area contributed by atoms with E-state index in [1.807, 2.05) is 30.6 Å². The van der Waals surface area contributed by atoms with E-state index in [-0.39, 0.29) is 22.4 Å². The highest BCUT2D eigenvalue weighted by atomic mass is 16.2. The quantitative estimate of drug-likeness (QED) is 0.728. The van der Waals surface area contributed by atoms with Crippen molar-refractivity contribution in [2.45, 2.75) is 66.8 Å². The average Bonchev–Trinajstić information content (AvgIpc) is 2.52. The molecular weight excluding hydrogens is 314 g/mol. The molecule has 0 aromatic heterocycles. The zero-order valence-electron chi connectivity index (χ0n) is 17.3. The molecule has 2 fully saturated rings. The number of likely N-dealkylation sites (tertiary alicyclic amines) is 1. The summed E-state index contributed by atoms with van der Waals surface area (Å²) in [5.74, 6) is 0.325. The van der Waals surface area contributed by atoms with Crippen LogP contribution in [0.25, 0.3) is 0 Å². The van der Waals surface area contributed by atoms with Crippen molar-refractivity contribution < 1.29 is 9.59 Å². The van der Waals surface area contributed by atoms with Crippen LogP contribution in [0.5, 0.6) is 0 Å². The van der Waals surface area contributed by atoms with Crippen LogP contribution in [-0.4, -0.2) is 71.3 Å². The van der Waals surface area contributed by atoms with E-state index in [9.17, 15) is 9.59 Å². The Morgan fingerprint density at radius 2 is 1.20 bits per heavy atom. The molecule has 2 aliphatic heterocycles. The van der Waals surface area contributed by atoms with Crippen molar-refractivity contribution in [3.63, 3.8) is 0 Å². The van der Waals surface area contributed by atoms with E-state index in [4.69, 9.17) is 0 Å². The molecule has 0 N–H and O–H groups in total. The van der Waals surface area contributed by atoms with Crippen LogP contribution < -0.4 is 0 Å². The fourth-order valence-electron chi connectivity index (χ4n) is 4.09. The third-order valence-electron chi connectivity index (χ3n) is 5.87. The summed E-state index contributed by atoms with van der Waals surface area (Å²) in [6.07, 6.45) is 1.55. The molecule has 5 heteroatoms. The number of carbonyl (C=O) groups is 2. The molecule has 0 aromatic carbocycles. The highest BCUT2D eigenvalue weighted by molar-refractivity contribution is 5.89. The molecule has 0 spiro atoms. The number of urea groups is 1. The SMILES string of the molecule is CC(C)(C)C(=O)C1(C)CCN(C(=O)N2CCN(C(C)(C)C)CC2)CC1. The Morgan fingerprint density at radius 3 is 1.60 bits per heavy atom. The van der Waals surface area contributed by atoms with Crippen molar-refractivity contribution in [2.75, 3.05) is 39.3 Å². The highest BCUT2D eigenvalue weighted by Gasteiger charge is 2.43. The summed E-state index contributed by atoms with van der Waals surface area (Å²) in [6, 6.07) is 0.152. The maximum Gasteiger partial charge on any atom is 0.320 e. The van der Waals surface area contributed by atoms with Gasteiger partial charge in [0.05, 0.1) is 0 Å². The van der Waals surface area contributed by atoms with Crippen LogP contribution in [0.1, 0.15) is 61.3 Å². The fraction of sp³-hybridized carbons (Fsp3) is 0.900. The van der Waals surface area contributed by atoms with Gasteiger partial charge in [-0.25, -0.2) is 4.79 Å². The van der Waals surface area contributed by atoms with E-state index in [1.54, 1.807) is 0 Å². The summed E-state index contributed by atoms with van der Waals surface area (Å²) < 4.78 is 0. The van der Waals surface area contributed by atoms with E-state index in [0.29, 0.717) is 18.9 Å². The Balaban J connectivity index is 1.89. The Bertz CT molecular complexity index is 500. The largest absolute Gasteiger partial charge is 0.325 e. The van der Waals surface area contributed by atoms with Gasteiger partial charge >= 0.3 is 6.03 Å². The first-order valence-electron chi connectivity index (χ1n) is 9.68. The van der Waals surface area contributed by atoms with Crippen LogP contribution in [0.15, 0.2) is 0 Å². The van der Waals surface area contributed by atoms with E-state index >= 15 is 0 Å². The van der Waals surface area contributed by atoms with E-state index < -0.39 is 0 Å². The standard InChI is InChI=1S/C20H37N3O2/c1-18(2,3)16(24)20(7)8-10-21(11-9-20)17(25)22-12-14-23(15-13-22)19(4,5)6/h8-15H2,1-7H3. The van der Waals surface area contributed by atoms with Crippen LogP contribution in [0.2, 0.25) is 0 Å². The summed E-state index contributed by atoms with van der Waals surface area (Å²) >= 11 is 0. The zero-order chi connectivity index (χ0) is 19.0. The van der Waals surface area contributed by atoms with Crippen LogP contribution >= 0.6 is 0 Å². The minimum Gasteiger partial charge on any atom is -0.325 e. The number of piperazine rings is 1. The number of hydrogen-bond donors (Lipinski definition) is 0. The molecular formula is C20H37N3O2. The van der Waals surface area contributed by atoms with E-state index in [1.165, 1.54) is 0 Å². The van der Waals surface area contributed by atoms with E-state index in [2.05, 4.69) is 32.6 Å². The number of rotatable bonds is 1. The number of hydrogen-bond acceptors (Lipinski definition) is 3. The van der Waals surface area contributed by atoms with Crippen molar-refractivity contribution >= 4 is 11.8 Å². The zero-order valence-corrected chi connectivity index (χ0v) is 17.3. The van der Waals surface area contributed by atoms with Gasteiger partial charge < -0.3 is 9.80 Å². The number of nitrogens with zero attached hydrogens (tertiary/aromatic N) is 3. The molecule has 0 unspecified atom stereocenters. The smallest absolute Gasteiger partial charge is 0.320 e. The lowest BCUT2D eigenvalue weighted by molar-refractivity contribution is -0.138. The molecule has 0 saturated carbocycles. The summed E-state index contributed by atoms with van der Waals surface area (Å²) in [6.45, 7) is 19.6. The molecule has 0 radical (unpaired) electrons. The molecule has 0 aliphatic carbocycles. The molecule has 0 atom stereocenters. The maximum absolute atomic E-state index is 12.8. The van der Waals surface area contributed by atoms with Crippen LogP contribution in [0, 0.1) is 10.8 Å². The van der Waals surface area contributed by atoms with Gasteiger partial charge in [0.2, 0.25) is 0 Å². The van der Waals surface area contributed by atoms with Gasteiger partial charge in [-0.1, -0.05) is 27.7 Å². The third kappa shape index (κ3) is 4.55. The topological polar surface area (TPSA) is 43.9 Å². The van der Waals surface area contributed by atoms with Gasteiger partial charge in [-0.2, -0.15) is 0 Å². The predicted octanol–water partition coefficient (Wildman–Crippen LogP) is 3.24. The summed E-state index contributed by atoms with van der Waals surface area (Å²) in [5, 5.41) is 0. The van der Waals surface area contributed by atoms with Gasteiger partial charge in [0, 0.05) is 55.6 Å². The van der Waals surface area contributed by atoms with Crippen LogP contribution in [0.3, 0.4) is 0 Å². The lowest BCUT2D eigenvalue weighted by Gasteiger charge is -2.45. The predicted molar refractivity (Wildman–Crippen MR) is 102 cm³/mol. The Kier molecular flexibility index (Phi) is 5.58. The van der Waals surface area contributed by atoms with Crippen molar-refractivity contribution in [3.8, 4) is 0 Å². The summed E-state index contributed by atoms with van der Waals surface area (Å²) in [5.41, 5.74) is -0.445. The van der Waals surface area contributed by atoms with Gasteiger partial charge in [0.25, 0.3) is 0 Å². The summed E-state index contributed by atoms with van der Waals surface area (Å²) in [7, 11) is 0. The molecule has 2 heterocycles. The minimum atomic E-state index is -0.315. The number of amides is 2. The second-order valence-corrected chi connectivity index (χ2v) is 10.1. The van der Waals surface area contributed by atoms with Crippen molar-refractivity contribution in [2.24, 2.45) is 10.8 Å². The van der Waals surface area contributed by atoms with E-state index in [0.717, 1.165) is 39.0 Å². The normalized spacial score (nSPS) is 22.8. The number of Topliss-reactive ketones (excluding diaryl/α,β-unsaturated/α-hetero) is 1. The van der Waals surface area contributed by atoms with Crippen LogP contribution in [-0.2, 0) is 4.79 Å². The monoisotopic (exact) mass is 351 g/mol. The highest BCUT2D eigenvalue weighted by Crippen LogP contribution is 2.38. The number of piperidine rings is 1. The maximum atomic E-state index is 12.8. The van der Waals surface area contributed by atoms with Gasteiger partial charge in [0.15, 0.2) is 0 Å². The molecule has 0 bridgehead atoms. The Morgan fingerprint density at radius 1 is 0.760 bits per heavy atom. The lowest BCUT2D eigenvalue weighted by Crippen LogP contribution is -2.58. The Hall–Kier alpha value is -1.10. The second kappa shape index (κ2) is 6.90. The van der Waals surface area contributed by atoms with Crippen molar-refractivity contribution in [3.05, 3.63) is 0 Å². The average molecular weight is 352 g/mol.